The minimum Gasteiger partial charge on any atom is -0.337 e. The zero-order valence-corrected chi connectivity index (χ0v) is 5.70. The molecule has 0 unspecified atom stereocenters. The highest BCUT2D eigenvalue weighted by atomic mass is 16.2. The largest absolute Gasteiger partial charge is 0.337 e. The first-order chi connectivity index (χ1) is 4.72. The Morgan fingerprint density at radius 2 is 2.30 bits per heavy atom. The molecule has 0 aromatic carbocycles. The smallest absolute Gasteiger partial charge is 0.295 e. The van der Waals surface area contributed by atoms with Gasteiger partial charge in [-0.2, -0.15) is 0 Å². The number of hydrogen-bond acceptors (Lipinski definition) is 3. The van der Waals surface area contributed by atoms with E-state index in [1.54, 1.807) is 7.05 Å². The van der Waals surface area contributed by atoms with E-state index in [4.69, 9.17) is 0 Å². The summed E-state index contributed by atoms with van der Waals surface area (Å²) in [6, 6.07) is 0. The summed E-state index contributed by atoms with van der Waals surface area (Å²) in [6.45, 7) is 1.05. The fraction of sp³-hybridized carbons (Fsp3) is 0.500. The molecule has 0 fully saturated rings. The molecule has 0 spiro atoms. The number of amides is 1. The molecule has 0 aliphatic carbocycles. The predicted octanol–water partition coefficient (Wildman–Crippen LogP) is -0.902. The Kier molecular flexibility index (Phi) is 1.80. The molecule has 54 valence electrons. The molecule has 0 aromatic rings. The lowest BCUT2D eigenvalue weighted by Crippen LogP contribution is -2.33. The van der Waals surface area contributed by atoms with Crippen molar-refractivity contribution in [3.8, 4) is 0 Å². The number of likely N-dealkylation sites (N-methyl/N-ethyl adjacent to an activating group) is 1. The van der Waals surface area contributed by atoms with Crippen LogP contribution in [0.2, 0.25) is 0 Å². The summed E-state index contributed by atoms with van der Waals surface area (Å²) in [5.74, 6) is -0.999. The first kappa shape index (κ1) is 6.92. The maximum atomic E-state index is 10.8. The average molecular weight is 140 g/mol. The molecule has 0 aromatic heterocycles. The van der Waals surface area contributed by atoms with Crippen molar-refractivity contribution in [3.05, 3.63) is 0 Å². The topological polar surface area (TPSA) is 49.7 Å². The van der Waals surface area contributed by atoms with Gasteiger partial charge in [0.05, 0.1) is 12.8 Å². The quantitative estimate of drug-likeness (QED) is 0.409. The summed E-state index contributed by atoms with van der Waals surface area (Å²) in [4.78, 5) is 26.6. The molecule has 0 radical (unpaired) electrons. The van der Waals surface area contributed by atoms with E-state index in [0.717, 1.165) is 6.21 Å². The lowest BCUT2D eigenvalue weighted by molar-refractivity contribution is -0.139. The molecule has 1 aliphatic heterocycles. The Morgan fingerprint density at radius 3 is 3.00 bits per heavy atom. The van der Waals surface area contributed by atoms with Crippen molar-refractivity contribution in [2.75, 3.05) is 20.1 Å². The first-order valence-corrected chi connectivity index (χ1v) is 3.01. The highest BCUT2D eigenvalue weighted by Crippen LogP contribution is 1.90. The fourth-order valence-corrected chi connectivity index (χ4v) is 0.700. The van der Waals surface area contributed by atoms with Crippen molar-refractivity contribution in [1.82, 2.24) is 4.90 Å². The summed E-state index contributed by atoms with van der Waals surface area (Å²) in [6.07, 6.45) is 1.09. The number of carbonyl (C=O) groups is 2. The van der Waals surface area contributed by atoms with Crippen molar-refractivity contribution >= 4 is 17.9 Å². The van der Waals surface area contributed by atoms with Crippen LogP contribution in [0, 0.1) is 0 Å². The lowest BCUT2D eigenvalue weighted by Gasteiger charge is -2.10. The van der Waals surface area contributed by atoms with Crippen LogP contribution in [0.25, 0.3) is 0 Å². The number of hydrogen-bond donors (Lipinski definition) is 0. The van der Waals surface area contributed by atoms with Crippen LogP contribution in [0.4, 0.5) is 0 Å². The van der Waals surface area contributed by atoms with Crippen molar-refractivity contribution in [2.24, 2.45) is 4.99 Å². The molecule has 0 saturated heterocycles. The van der Waals surface area contributed by atoms with Gasteiger partial charge >= 0.3 is 0 Å². The maximum Gasteiger partial charge on any atom is 0.295 e. The third kappa shape index (κ3) is 1.21. The van der Waals surface area contributed by atoms with Gasteiger partial charge in [0.1, 0.15) is 0 Å². The number of nitrogens with zero attached hydrogens (tertiary/aromatic N) is 2. The summed E-state index contributed by atoms with van der Waals surface area (Å²) in [5.41, 5.74) is 0. The van der Waals surface area contributed by atoms with E-state index in [1.165, 1.54) is 4.90 Å². The van der Waals surface area contributed by atoms with Gasteiger partial charge in [0.25, 0.3) is 11.7 Å². The van der Waals surface area contributed by atoms with Crippen molar-refractivity contribution in [3.63, 3.8) is 0 Å². The number of aliphatic imine (C=N–C) groups is 1. The highest BCUT2D eigenvalue weighted by molar-refractivity contribution is 6.58. The Bertz CT molecular complexity index is 198. The molecule has 1 amide bonds. The summed E-state index contributed by atoms with van der Waals surface area (Å²) in [5, 5.41) is 0. The van der Waals surface area contributed by atoms with Gasteiger partial charge in [-0.3, -0.25) is 14.6 Å². The lowest BCUT2D eigenvalue weighted by atomic mass is 10.4. The Morgan fingerprint density at radius 1 is 1.60 bits per heavy atom. The molecule has 0 N–H and O–H groups in total. The second-order valence-electron chi connectivity index (χ2n) is 2.13. The molecular weight excluding hydrogens is 132 g/mol. The predicted molar refractivity (Wildman–Crippen MR) is 36.0 cm³/mol. The van der Waals surface area contributed by atoms with Gasteiger partial charge in [0, 0.05) is 13.6 Å². The molecule has 4 nitrogen and oxygen atoms in total. The van der Waals surface area contributed by atoms with Gasteiger partial charge in [-0.25, -0.2) is 0 Å². The van der Waals surface area contributed by atoms with Crippen LogP contribution in [-0.4, -0.2) is 42.9 Å². The second-order valence-corrected chi connectivity index (χ2v) is 2.13. The molecule has 1 aliphatic rings. The Hall–Kier alpha value is -1.19. The van der Waals surface area contributed by atoms with E-state index in [-0.39, 0.29) is 0 Å². The van der Waals surface area contributed by atoms with Gasteiger partial charge in [-0.05, 0) is 0 Å². The third-order valence-electron chi connectivity index (χ3n) is 1.33. The van der Waals surface area contributed by atoms with Crippen molar-refractivity contribution < 1.29 is 9.59 Å². The Balaban J connectivity index is 2.76. The molecule has 4 heteroatoms. The van der Waals surface area contributed by atoms with Gasteiger partial charge in [-0.15, -0.1) is 0 Å². The highest BCUT2D eigenvalue weighted by Gasteiger charge is 2.17. The summed E-state index contributed by atoms with van der Waals surface area (Å²) >= 11 is 0. The van der Waals surface area contributed by atoms with E-state index >= 15 is 0 Å². The fourth-order valence-electron chi connectivity index (χ4n) is 0.700. The van der Waals surface area contributed by atoms with E-state index in [0.29, 0.717) is 13.1 Å². The monoisotopic (exact) mass is 140 g/mol. The molecule has 10 heavy (non-hydrogen) atoms. The standard InChI is InChI=1S/C6H8N2O2/c1-8-3-2-7-4-5(9)6(8)10/h4H,2-3H2,1H3. The van der Waals surface area contributed by atoms with E-state index < -0.39 is 11.7 Å². The maximum absolute atomic E-state index is 10.8. The van der Waals surface area contributed by atoms with Crippen LogP contribution in [0.15, 0.2) is 4.99 Å². The summed E-state index contributed by atoms with van der Waals surface area (Å²) in [7, 11) is 1.59. The van der Waals surface area contributed by atoms with Crippen LogP contribution < -0.4 is 0 Å². The zero-order valence-electron chi connectivity index (χ0n) is 5.70. The molecule has 0 bridgehead atoms. The van der Waals surface area contributed by atoms with Crippen molar-refractivity contribution in [1.29, 1.82) is 0 Å². The molecule has 0 saturated carbocycles. The SMILES string of the molecule is CN1CCN=CC(=O)C1=O. The first-order valence-electron chi connectivity index (χ1n) is 3.01. The van der Waals surface area contributed by atoms with E-state index in [2.05, 4.69) is 4.99 Å². The molecule has 1 heterocycles. The molecular formula is C6H8N2O2. The average Bonchev–Trinajstić information content (AvgIpc) is 2.04. The van der Waals surface area contributed by atoms with Gasteiger partial charge in [0.15, 0.2) is 0 Å². The van der Waals surface area contributed by atoms with Crippen molar-refractivity contribution in [2.45, 2.75) is 0 Å². The minimum atomic E-state index is -0.528. The summed E-state index contributed by atoms with van der Waals surface area (Å²) < 4.78 is 0. The van der Waals surface area contributed by atoms with E-state index in [9.17, 15) is 9.59 Å². The van der Waals surface area contributed by atoms with Gasteiger partial charge < -0.3 is 4.90 Å². The number of carbonyl (C=O) groups excluding carboxylic acids is 2. The van der Waals surface area contributed by atoms with Crippen LogP contribution >= 0.6 is 0 Å². The van der Waals surface area contributed by atoms with Crippen LogP contribution in [0.3, 0.4) is 0 Å². The molecule has 0 atom stereocenters. The van der Waals surface area contributed by atoms with E-state index in [1.807, 2.05) is 0 Å². The zero-order chi connectivity index (χ0) is 7.56. The number of Topliss-reactive ketones (excluding diaryl/α,β-unsaturated/α-hetero) is 1. The van der Waals surface area contributed by atoms with Gasteiger partial charge in [0.2, 0.25) is 0 Å². The van der Waals surface area contributed by atoms with Crippen LogP contribution in [0.1, 0.15) is 0 Å². The Labute approximate surface area is 58.5 Å². The molecule has 1 rings (SSSR count). The minimum absolute atomic E-state index is 0.471. The number of ketones is 1. The normalized spacial score (nSPS) is 19.5. The number of rotatable bonds is 0. The van der Waals surface area contributed by atoms with Crippen LogP contribution in [0.5, 0.6) is 0 Å². The third-order valence-corrected chi connectivity index (χ3v) is 1.33. The van der Waals surface area contributed by atoms with Gasteiger partial charge in [-0.1, -0.05) is 0 Å². The van der Waals surface area contributed by atoms with Crippen LogP contribution in [-0.2, 0) is 9.59 Å². The second kappa shape index (κ2) is 2.60.